The summed E-state index contributed by atoms with van der Waals surface area (Å²) < 4.78 is 5.45. The van der Waals surface area contributed by atoms with Gasteiger partial charge in [0.05, 0.1) is 5.92 Å². The number of nitrogens with zero attached hydrogens (tertiary/aromatic N) is 3. The van der Waals surface area contributed by atoms with Crippen molar-refractivity contribution < 1.29 is 4.52 Å². The average molecular weight is 252 g/mol. The molecule has 1 aromatic rings. The minimum atomic E-state index is 0.393. The van der Waals surface area contributed by atoms with E-state index in [1.807, 2.05) is 7.05 Å². The van der Waals surface area contributed by atoms with Gasteiger partial charge in [-0.25, -0.2) is 0 Å². The van der Waals surface area contributed by atoms with Gasteiger partial charge in [-0.1, -0.05) is 18.0 Å². The van der Waals surface area contributed by atoms with Gasteiger partial charge in [0.15, 0.2) is 5.82 Å². The molecule has 0 spiro atoms. The zero-order chi connectivity index (χ0) is 13.0. The Hall–Kier alpha value is -0.940. The predicted molar refractivity (Wildman–Crippen MR) is 70.6 cm³/mol. The van der Waals surface area contributed by atoms with Gasteiger partial charge in [0.2, 0.25) is 5.89 Å². The Morgan fingerprint density at radius 1 is 1.33 bits per heavy atom. The van der Waals surface area contributed by atoms with Gasteiger partial charge in [0, 0.05) is 19.0 Å². The van der Waals surface area contributed by atoms with Crippen LogP contribution in [0, 0.1) is 0 Å². The van der Waals surface area contributed by atoms with Crippen LogP contribution in [0.4, 0.5) is 0 Å². The van der Waals surface area contributed by atoms with Crippen LogP contribution in [0.25, 0.3) is 0 Å². The fourth-order valence-corrected chi connectivity index (χ4v) is 2.62. The summed E-state index contributed by atoms with van der Waals surface area (Å²) in [7, 11) is 6.13. The van der Waals surface area contributed by atoms with Gasteiger partial charge < -0.3 is 14.7 Å². The molecule has 1 fully saturated rings. The summed E-state index contributed by atoms with van der Waals surface area (Å²) in [4.78, 5) is 6.69. The Morgan fingerprint density at radius 2 is 2.11 bits per heavy atom. The summed E-state index contributed by atoms with van der Waals surface area (Å²) >= 11 is 0. The summed E-state index contributed by atoms with van der Waals surface area (Å²) in [6, 6.07) is 0.487. The highest BCUT2D eigenvalue weighted by Crippen LogP contribution is 2.31. The molecule has 1 heterocycles. The van der Waals surface area contributed by atoms with Gasteiger partial charge in [-0.2, -0.15) is 4.98 Å². The lowest BCUT2D eigenvalue weighted by Gasteiger charge is -2.28. The Morgan fingerprint density at radius 3 is 2.83 bits per heavy atom. The van der Waals surface area contributed by atoms with Crippen molar-refractivity contribution in [2.75, 3.05) is 27.7 Å². The van der Waals surface area contributed by atoms with Crippen molar-refractivity contribution in [2.24, 2.45) is 0 Å². The van der Waals surface area contributed by atoms with Crippen molar-refractivity contribution in [1.29, 1.82) is 0 Å². The zero-order valence-electron chi connectivity index (χ0n) is 11.6. The quantitative estimate of drug-likeness (QED) is 0.859. The first kappa shape index (κ1) is 13.5. The molecule has 2 rings (SSSR count). The van der Waals surface area contributed by atoms with E-state index >= 15 is 0 Å². The molecule has 0 saturated heterocycles. The molecule has 102 valence electrons. The van der Waals surface area contributed by atoms with E-state index in [9.17, 15) is 0 Å². The zero-order valence-corrected chi connectivity index (χ0v) is 11.6. The monoisotopic (exact) mass is 252 g/mol. The number of aromatic nitrogens is 2. The van der Waals surface area contributed by atoms with Crippen LogP contribution in [0.2, 0.25) is 0 Å². The van der Waals surface area contributed by atoms with Crippen molar-refractivity contribution in [3.63, 3.8) is 0 Å². The van der Waals surface area contributed by atoms with Crippen molar-refractivity contribution in [1.82, 2.24) is 20.4 Å². The molecule has 0 radical (unpaired) electrons. The van der Waals surface area contributed by atoms with E-state index < -0.39 is 0 Å². The molecule has 1 aliphatic rings. The standard InChI is InChI=1S/C13H24N4O/c1-14-11-7-5-4-6-10(11)13-15-12(16-18-13)8-9-17(2)3/h10-11,14H,4-9H2,1-3H3. The Labute approximate surface area is 109 Å². The highest BCUT2D eigenvalue weighted by atomic mass is 16.5. The van der Waals surface area contributed by atoms with Crippen LogP contribution in [0.5, 0.6) is 0 Å². The molecule has 0 bridgehead atoms. The molecule has 5 heteroatoms. The third-order valence-electron chi connectivity index (χ3n) is 3.72. The Balaban J connectivity index is 1.99. The normalized spacial score (nSPS) is 24.7. The summed E-state index contributed by atoms with van der Waals surface area (Å²) in [5.74, 6) is 2.05. The van der Waals surface area contributed by atoms with Crippen molar-refractivity contribution in [3.8, 4) is 0 Å². The second kappa shape index (κ2) is 6.29. The Bertz CT molecular complexity index is 364. The molecule has 0 aromatic carbocycles. The number of hydrogen-bond acceptors (Lipinski definition) is 5. The summed E-state index contributed by atoms with van der Waals surface area (Å²) in [5.41, 5.74) is 0. The molecule has 0 aliphatic heterocycles. The molecule has 1 aromatic heterocycles. The lowest BCUT2D eigenvalue weighted by Crippen LogP contribution is -2.34. The molecule has 0 amide bonds. The SMILES string of the molecule is CNC1CCCCC1c1nc(CCN(C)C)no1. The van der Waals surface area contributed by atoms with Gasteiger partial charge in [0.1, 0.15) is 0 Å². The lowest BCUT2D eigenvalue weighted by molar-refractivity contribution is 0.269. The van der Waals surface area contributed by atoms with Crippen molar-refractivity contribution >= 4 is 0 Å². The third-order valence-corrected chi connectivity index (χ3v) is 3.72. The topological polar surface area (TPSA) is 54.2 Å². The van der Waals surface area contributed by atoms with E-state index in [2.05, 4.69) is 34.5 Å². The first-order valence-electron chi connectivity index (χ1n) is 6.85. The van der Waals surface area contributed by atoms with Gasteiger partial charge in [-0.15, -0.1) is 0 Å². The average Bonchev–Trinajstić information content (AvgIpc) is 2.85. The van der Waals surface area contributed by atoms with Gasteiger partial charge in [-0.05, 0) is 34.0 Å². The van der Waals surface area contributed by atoms with E-state index in [-0.39, 0.29) is 0 Å². The Kier molecular flexibility index (Phi) is 4.72. The molecule has 2 unspecified atom stereocenters. The highest BCUT2D eigenvalue weighted by Gasteiger charge is 2.29. The third kappa shape index (κ3) is 3.29. The molecular weight excluding hydrogens is 228 g/mol. The van der Waals surface area contributed by atoms with E-state index in [1.165, 1.54) is 19.3 Å². The maximum atomic E-state index is 5.45. The molecule has 2 atom stereocenters. The summed E-state index contributed by atoms with van der Waals surface area (Å²) in [5, 5.41) is 7.47. The number of hydrogen-bond donors (Lipinski definition) is 1. The molecular formula is C13H24N4O. The first-order valence-corrected chi connectivity index (χ1v) is 6.85. The van der Waals surface area contributed by atoms with Crippen LogP contribution in [-0.4, -0.2) is 48.8 Å². The van der Waals surface area contributed by atoms with Gasteiger partial charge >= 0.3 is 0 Å². The predicted octanol–water partition coefficient (Wildman–Crippen LogP) is 1.42. The molecule has 1 N–H and O–H groups in total. The summed E-state index contributed by atoms with van der Waals surface area (Å²) in [6.45, 7) is 0.957. The maximum absolute atomic E-state index is 5.45. The minimum absolute atomic E-state index is 0.393. The van der Waals surface area contributed by atoms with E-state index in [4.69, 9.17) is 4.52 Å². The smallest absolute Gasteiger partial charge is 0.231 e. The van der Waals surface area contributed by atoms with Gasteiger partial charge in [-0.3, -0.25) is 0 Å². The number of likely N-dealkylation sites (N-methyl/N-ethyl adjacent to an activating group) is 2. The van der Waals surface area contributed by atoms with Crippen LogP contribution in [0.1, 0.15) is 43.3 Å². The van der Waals surface area contributed by atoms with E-state index in [0.717, 1.165) is 31.1 Å². The van der Waals surface area contributed by atoms with Crippen LogP contribution in [-0.2, 0) is 6.42 Å². The first-order chi connectivity index (χ1) is 8.70. The van der Waals surface area contributed by atoms with E-state index in [0.29, 0.717) is 12.0 Å². The molecule has 1 aliphatic carbocycles. The second-order valence-electron chi connectivity index (χ2n) is 5.39. The van der Waals surface area contributed by atoms with Crippen LogP contribution >= 0.6 is 0 Å². The van der Waals surface area contributed by atoms with E-state index in [1.54, 1.807) is 0 Å². The van der Waals surface area contributed by atoms with Crippen molar-refractivity contribution in [3.05, 3.63) is 11.7 Å². The van der Waals surface area contributed by atoms with Crippen molar-refractivity contribution in [2.45, 2.75) is 44.1 Å². The highest BCUT2D eigenvalue weighted by molar-refractivity contribution is 5.01. The molecule has 5 nitrogen and oxygen atoms in total. The fourth-order valence-electron chi connectivity index (χ4n) is 2.62. The molecule has 18 heavy (non-hydrogen) atoms. The maximum Gasteiger partial charge on any atom is 0.231 e. The van der Waals surface area contributed by atoms with Crippen LogP contribution in [0.15, 0.2) is 4.52 Å². The minimum Gasteiger partial charge on any atom is -0.339 e. The summed E-state index contributed by atoms with van der Waals surface area (Å²) in [6.07, 6.45) is 5.77. The lowest BCUT2D eigenvalue weighted by atomic mass is 9.84. The number of rotatable bonds is 5. The number of nitrogens with one attached hydrogen (secondary N) is 1. The fraction of sp³-hybridized carbons (Fsp3) is 0.846. The molecule has 1 saturated carbocycles. The largest absolute Gasteiger partial charge is 0.339 e. The van der Waals surface area contributed by atoms with Crippen LogP contribution < -0.4 is 5.32 Å². The second-order valence-corrected chi connectivity index (χ2v) is 5.39. The van der Waals surface area contributed by atoms with Gasteiger partial charge in [0.25, 0.3) is 0 Å². The van der Waals surface area contributed by atoms with Crippen LogP contribution in [0.3, 0.4) is 0 Å².